The molecule has 4 aliphatic carbocycles. The molecule has 2 amide bonds. The van der Waals surface area contributed by atoms with Crippen LogP contribution in [0.5, 0.6) is 11.5 Å². The maximum atomic E-state index is 12.4. The largest absolute Gasteiger partial charge is 0.493 e. The van der Waals surface area contributed by atoms with Crippen LogP contribution in [0.3, 0.4) is 0 Å². The van der Waals surface area contributed by atoms with Crippen LogP contribution < -0.4 is 20.3 Å². The normalized spacial score (nSPS) is 29.0. The average molecular weight is 416 g/mol. The molecule has 5 rings (SSSR count). The molecular weight excluding hydrogens is 382 g/mol. The van der Waals surface area contributed by atoms with Crippen molar-refractivity contribution >= 4 is 11.8 Å². The maximum absolute atomic E-state index is 12.4. The van der Waals surface area contributed by atoms with Gasteiger partial charge in [0.25, 0.3) is 11.8 Å². The molecule has 4 bridgehead atoms. The van der Waals surface area contributed by atoms with Crippen molar-refractivity contribution in [2.75, 3.05) is 34.4 Å². The lowest BCUT2D eigenvalue weighted by Crippen LogP contribution is -2.52. The minimum absolute atomic E-state index is 0.212. The first-order valence-electron chi connectivity index (χ1n) is 10.9. The van der Waals surface area contributed by atoms with Crippen molar-refractivity contribution in [2.45, 2.75) is 38.5 Å². The lowest BCUT2D eigenvalue weighted by Gasteiger charge is -2.57. The number of nitrogens with zero attached hydrogens (tertiary/aromatic N) is 1. The molecule has 7 heteroatoms. The molecule has 0 atom stereocenters. The van der Waals surface area contributed by atoms with Gasteiger partial charge in [-0.3, -0.25) is 25.3 Å². The highest BCUT2D eigenvalue weighted by Crippen LogP contribution is 2.60. The molecule has 1 aromatic rings. The second kappa shape index (κ2) is 8.46. The van der Waals surface area contributed by atoms with Crippen LogP contribution >= 0.6 is 0 Å². The minimum Gasteiger partial charge on any atom is -0.493 e. The Morgan fingerprint density at radius 1 is 1.00 bits per heavy atom. The molecule has 7 nitrogen and oxygen atoms in total. The van der Waals surface area contributed by atoms with Crippen LogP contribution in [0, 0.1) is 23.2 Å². The number of carbonyl (C=O) groups excluding carboxylic acids is 2. The summed E-state index contributed by atoms with van der Waals surface area (Å²) < 4.78 is 10.4. The zero-order valence-electron chi connectivity index (χ0n) is 18.2. The van der Waals surface area contributed by atoms with Gasteiger partial charge in [-0.15, -0.1) is 0 Å². The van der Waals surface area contributed by atoms with Crippen LogP contribution in [0.15, 0.2) is 18.2 Å². The van der Waals surface area contributed by atoms with E-state index in [2.05, 4.69) is 15.8 Å². The Labute approximate surface area is 178 Å². The van der Waals surface area contributed by atoms with Crippen LogP contribution in [0.2, 0.25) is 0 Å². The van der Waals surface area contributed by atoms with Gasteiger partial charge < -0.3 is 9.47 Å². The first kappa shape index (κ1) is 21.0. The first-order valence-corrected chi connectivity index (χ1v) is 10.9. The molecule has 4 saturated carbocycles. The highest BCUT2D eigenvalue weighted by Gasteiger charge is 2.51. The van der Waals surface area contributed by atoms with Gasteiger partial charge in [0, 0.05) is 12.1 Å². The SMILES string of the molecule is COc1ccc(C(=O)NNC(=O)CN(C)CC23CC4CC(CC(C4)C2)C3)cc1OC. The third kappa shape index (κ3) is 4.41. The summed E-state index contributed by atoms with van der Waals surface area (Å²) in [5.74, 6) is 3.11. The Bertz CT molecular complexity index is 774. The number of carbonyl (C=O) groups is 2. The van der Waals surface area contributed by atoms with Crippen molar-refractivity contribution in [1.29, 1.82) is 0 Å². The van der Waals surface area contributed by atoms with E-state index in [1.165, 1.54) is 52.7 Å². The van der Waals surface area contributed by atoms with Gasteiger partial charge in [0.05, 0.1) is 20.8 Å². The van der Waals surface area contributed by atoms with Gasteiger partial charge in [0.1, 0.15) is 0 Å². The highest BCUT2D eigenvalue weighted by atomic mass is 16.5. The Morgan fingerprint density at radius 3 is 2.17 bits per heavy atom. The van der Waals surface area contributed by atoms with Gasteiger partial charge in [-0.2, -0.15) is 0 Å². The van der Waals surface area contributed by atoms with E-state index in [9.17, 15) is 9.59 Å². The van der Waals surface area contributed by atoms with Crippen molar-refractivity contribution in [3.63, 3.8) is 0 Å². The summed E-state index contributed by atoms with van der Waals surface area (Å²) in [6.45, 7) is 1.24. The zero-order valence-corrected chi connectivity index (χ0v) is 18.2. The van der Waals surface area contributed by atoms with E-state index in [1.807, 2.05) is 7.05 Å². The summed E-state index contributed by atoms with van der Waals surface area (Å²) in [5, 5.41) is 0. The monoisotopic (exact) mass is 415 g/mol. The maximum Gasteiger partial charge on any atom is 0.269 e. The summed E-state index contributed by atoms with van der Waals surface area (Å²) in [6, 6.07) is 4.87. The molecule has 2 N–H and O–H groups in total. The standard InChI is InChI=1S/C23H33N3O4/c1-26(14-23-10-15-6-16(11-23)8-17(7-15)12-23)13-21(27)24-25-22(28)18-4-5-19(29-2)20(9-18)30-3/h4-5,9,15-17H,6-8,10-14H2,1-3H3,(H,24,27)(H,25,28). The molecule has 4 fully saturated rings. The zero-order chi connectivity index (χ0) is 21.3. The second-order valence-corrected chi connectivity index (χ2v) is 9.66. The van der Waals surface area contributed by atoms with Gasteiger partial charge in [0.2, 0.25) is 0 Å². The van der Waals surface area contributed by atoms with E-state index in [4.69, 9.17) is 9.47 Å². The quantitative estimate of drug-likeness (QED) is 0.669. The fraction of sp³-hybridized carbons (Fsp3) is 0.652. The molecule has 164 valence electrons. The average Bonchev–Trinajstić information content (AvgIpc) is 2.69. The lowest BCUT2D eigenvalue weighted by molar-refractivity contribution is -0.124. The van der Waals surface area contributed by atoms with Crippen LogP contribution in [0.1, 0.15) is 48.9 Å². The number of ether oxygens (including phenoxy) is 2. The number of nitrogens with one attached hydrogen (secondary N) is 2. The smallest absolute Gasteiger partial charge is 0.269 e. The Kier molecular flexibility index (Phi) is 5.91. The predicted molar refractivity (Wildman–Crippen MR) is 113 cm³/mol. The predicted octanol–water partition coefficient (Wildman–Crippen LogP) is 2.61. The fourth-order valence-corrected chi connectivity index (χ4v) is 6.57. The van der Waals surface area contributed by atoms with E-state index in [0.717, 1.165) is 24.3 Å². The van der Waals surface area contributed by atoms with Crippen LogP contribution in [-0.4, -0.2) is 51.1 Å². The van der Waals surface area contributed by atoms with E-state index in [0.29, 0.717) is 22.5 Å². The molecular formula is C23H33N3O4. The van der Waals surface area contributed by atoms with Crippen molar-refractivity contribution in [1.82, 2.24) is 15.8 Å². The number of likely N-dealkylation sites (N-methyl/N-ethyl adjacent to an activating group) is 1. The van der Waals surface area contributed by atoms with Crippen LogP contribution in [-0.2, 0) is 4.79 Å². The molecule has 4 aliphatic rings. The van der Waals surface area contributed by atoms with Gasteiger partial charge >= 0.3 is 0 Å². The Balaban J connectivity index is 1.26. The topological polar surface area (TPSA) is 79.9 Å². The third-order valence-electron chi connectivity index (χ3n) is 7.15. The van der Waals surface area contributed by atoms with Crippen molar-refractivity contribution in [3.05, 3.63) is 23.8 Å². The van der Waals surface area contributed by atoms with Gasteiger partial charge in [-0.25, -0.2) is 0 Å². The molecule has 0 spiro atoms. The fourth-order valence-electron chi connectivity index (χ4n) is 6.57. The van der Waals surface area contributed by atoms with E-state index < -0.39 is 5.91 Å². The lowest BCUT2D eigenvalue weighted by atomic mass is 9.49. The van der Waals surface area contributed by atoms with Crippen molar-refractivity contribution < 1.29 is 19.1 Å². The summed E-state index contributed by atoms with van der Waals surface area (Å²) in [5.41, 5.74) is 5.80. The Morgan fingerprint density at radius 2 is 1.60 bits per heavy atom. The third-order valence-corrected chi connectivity index (χ3v) is 7.15. The van der Waals surface area contributed by atoms with Crippen molar-refractivity contribution in [2.24, 2.45) is 23.2 Å². The number of methoxy groups -OCH3 is 2. The summed E-state index contributed by atoms with van der Waals surface area (Å²) >= 11 is 0. The number of rotatable bonds is 7. The molecule has 1 aromatic carbocycles. The molecule has 0 radical (unpaired) electrons. The number of benzene rings is 1. The molecule has 30 heavy (non-hydrogen) atoms. The molecule has 0 aromatic heterocycles. The van der Waals surface area contributed by atoms with Gasteiger partial charge in [-0.05, 0) is 86.9 Å². The Hall–Kier alpha value is -2.28. The van der Waals surface area contributed by atoms with E-state index >= 15 is 0 Å². The molecule has 0 heterocycles. The number of hydrogen-bond donors (Lipinski definition) is 2. The number of hydrogen-bond acceptors (Lipinski definition) is 5. The first-order chi connectivity index (χ1) is 14.4. The second-order valence-electron chi connectivity index (χ2n) is 9.66. The highest BCUT2D eigenvalue weighted by molar-refractivity contribution is 5.96. The number of hydrazine groups is 1. The summed E-state index contributed by atoms with van der Waals surface area (Å²) in [4.78, 5) is 26.9. The van der Waals surface area contributed by atoms with Crippen LogP contribution in [0.4, 0.5) is 0 Å². The molecule has 0 saturated heterocycles. The van der Waals surface area contributed by atoms with Gasteiger partial charge in [-0.1, -0.05) is 0 Å². The summed E-state index contributed by atoms with van der Waals surface area (Å²) in [7, 11) is 5.06. The van der Waals surface area contributed by atoms with Crippen molar-refractivity contribution in [3.8, 4) is 11.5 Å². The van der Waals surface area contributed by atoms with Crippen LogP contribution in [0.25, 0.3) is 0 Å². The van der Waals surface area contributed by atoms with E-state index in [-0.39, 0.29) is 12.5 Å². The molecule has 0 unspecified atom stereocenters. The van der Waals surface area contributed by atoms with E-state index in [1.54, 1.807) is 18.2 Å². The summed E-state index contributed by atoms with van der Waals surface area (Å²) in [6.07, 6.45) is 8.23. The number of amides is 2. The van der Waals surface area contributed by atoms with Gasteiger partial charge in [0.15, 0.2) is 11.5 Å². The molecule has 0 aliphatic heterocycles. The minimum atomic E-state index is -0.395.